The summed E-state index contributed by atoms with van der Waals surface area (Å²) in [5.74, 6) is -0.914. The molecule has 0 saturated carbocycles. The Morgan fingerprint density at radius 2 is 2.35 bits per heavy atom. The molecule has 2 aromatic rings. The molecule has 0 amide bonds. The van der Waals surface area contributed by atoms with Gasteiger partial charge in [-0.25, -0.2) is 4.98 Å². The number of rotatable bonds is 3. The summed E-state index contributed by atoms with van der Waals surface area (Å²) >= 11 is 0. The van der Waals surface area contributed by atoms with Gasteiger partial charge in [0, 0.05) is 25.0 Å². The molecule has 1 aliphatic rings. The minimum absolute atomic E-state index is 0.234. The Hall–Kier alpha value is -1.88. The normalized spacial score (nSPS) is 20.4. The Kier molecular flexibility index (Phi) is 3.44. The van der Waals surface area contributed by atoms with Crippen LogP contribution in [0.1, 0.15) is 24.2 Å². The first-order valence-electron chi connectivity index (χ1n) is 7.02. The SMILES string of the molecule is Cc1cccc2nc(CN3CCCC(C(=O)O)C3)cn12. The molecular weight excluding hydrogens is 254 g/mol. The van der Waals surface area contributed by atoms with Crippen LogP contribution in [-0.4, -0.2) is 38.4 Å². The van der Waals surface area contributed by atoms with Crippen molar-refractivity contribution in [2.24, 2.45) is 5.92 Å². The summed E-state index contributed by atoms with van der Waals surface area (Å²) in [4.78, 5) is 17.9. The van der Waals surface area contributed by atoms with Crippen molar-refractivity contribution in [3.8, 4) is 0 Å². The molecule has 106 valence electrons. The molecule has 5 nitrogen and oxygen atoms in total. The molecule has 0 radical (unpaired) electrons. The summed E-state index contributed by atoms with van der Waals surface area (Å²) in [6.45, 7) is 4.36. The molecule has 1 atom stereocenters. The van der Waals surface area contributed by atoms with Crippen LogP contribution in [-0.2, 0) is 11.3 Å². The minimum Gasteiger partial charge on any atom is -0.481 e. The third-order valence-corrected chi connectivity index (χ3v) is 3.99. The molecule has 1 N–H and O–H groups in total. The van der Waals surface area contributed by atoms with E-state index in [9.17, 15) is 4.79 Å². The number of fused-ring (bicyclic) bond motifs is 1. The lowest BCUT2D eigenvalue weighted by Crippen LogP contribution is -2.38. The molecule has 1 saturated heterocycles. The average Bonchev–Trinajstić information content (AvgIpc) is 2.83. The topological polar surface area (TPSA) is 57.8 Å². The number of likely N-dealkylation sites (tertiary alicyclic amines) is 1. The van der Waals surface area contributed by atoms with E-state index < -0.39 is 5.97 Å². The molecule has 3 rings (SSSR count). The number of pyridine rings is 1. The number of piperidine rings is 1. The average molecular weight is 273 g/mol. The maximum atomic E-state index is 11.1. The highest BCUT2D eigenvalue weighted by Gasteiger charge is 2.25. The lowest BCUT2D eigenvalue weighted by Gasteiger charge is -2.29. The number of nitrogens with zero attached hydrogens (tertiary/aromatic N) is 3. The van der Waals surface area contributed by atoms with E-state index in [1.807, 2.05) is 12.1 Å². The Balaban J connectivity index is 1.76. The van der Waals surface area contributed by atoms with Gasteiger partial charge >= 0.3 is 5.97 Å². The van der Waals surface area contributed by atoms with E-state index >= 15 is 0 Å². The van der Waals surface area contributed by atoms with Gasteiger partial charge in [-0.1, -0.05) is 6.07 Å². The first-order valence-corrected chi connectivity index (χ1v) is 7.02. The number of imidazole rings is 1. The molecule has 0 bridgehead atoms. The van der Waals surface area contributed by atoms with Gasteiger partial charge in [0.05, 0.1) is 11.6 Å². The van der Waals surface area contributed by atoms with Crippen molar-refractivity contribution in [1.82, 2.24) is 14.3 Å². The number of aryl methyl sites for hydroxylation is 1. The molecule has 1 fully saturated rings. The zero-order valence-electron chi connectivity index (χ0n) is 11.6. The monoisotopic (exact) mass is 273 g/mol. The van der Waals surface area contributed by atoms with Gasteiger partial charge < -0.3 is 9.51 Å². The van der Waals surface area contributed by atoms with Gasteiger partial charge in [0.2, 0.25) is 0 Å². The Labute approximate surface area is 117 Å². The van der Waals surface area contributed by atoms with Crippen molar-refractivity contribution in [2.45, 2.75) is 26.3 Å². The molecule has 3 heterocycles. The number of hydrogen-bond donors (Lipinski definition) is 1. The Bertz CT molecular complexity index is 635. The summed E-state index contributed by atoms with van der Waals surface area (Å²) in [5.41, 5.74) is 3.11. The second kappa shape index (κ2) is 5.25. The quantitative estimate of drug-likeness (QED) is 0.928. The van der Waals surface area contributed by atoms with Gasteiger partial charge in [-0.05, 0) is 38.4 Å². The Morgan fingerprint density at radius 3 is 3.10 bits per heavy atom. The lowest BCUT2D eigenvalue weighted by atomic mass is 9.98. The molecule has 0 aromatic carbocycles. The van der Waals surface area contributed by atoms with E-state index in [-0.39, 0.29) is 5.92 Å². The fraction of sp³-hybridized carbons (Fsp3) is 0.467. The third kappa shape index (κ3) is 2.54. The lowest BCUT2D eigenvalue weighted by molar-refractivity contribution is -0.143. The van der Waals surface area contributed by atoms with Crippen LogP contribution >= 0.6 is 0 Å². The van der Waals surface area contributed by atoms with Crippen LogP contribution in [0.3, 0.4) is 0 Å². The van der Waals surface area contributed by atoms with Crippen molar-refractivity contribution in [3.63, 3.8) is 0 Å². The molecule has 20 heavy (non-hydrogen) atoms. The second-order valence-electron chi connectivity index (χ2n) is 5.54. The maximum Gasteiger partial charge on any atom is 0.307 e. The van der Waals surface area contributed by atoms with Gasteiger partial charge in [0.15, 0.2) is 0 Å². The van der Waals surface area contributed by atoms with Crippen molar-refractivity contribution in [3.05, 3.63) is 35.8 Å². The summed E-state index contributed by atoms with van der Waals surface area (Å²) in [5, 5.41) is 9.13. The van der Waals surface area contributed by atoms with Gasteiger partial charge in [-0.2, -0.15) is 0 Å². The van der Waals surface area contributed by atoms with Crippen LogP contribution in [0.4, 0.5) is 0 Å². The van der Waals surface area contributed by atoms with E-state index in [0.717, 1.165) is 43.0 Å². The second-order valence-corrected chi connectivity index (χ2v) is 5.54. The number of carbonyl (C=O) groups is 1. The van der Waals surface area contributed by atoms with Crippen LogP contribution in [0.25, 0.3) is 5.65 Å². The predicted octanol–water partition coefficient (Wildman–Crippen LogP) is 1.94. The molecular formula is C15H19N3O2. The summed E-state index contributed by atoms with van der Waals surface area (Å²) in [6.07, 6.45) is 3.79. The number of carboxylic acid groups (broad SMARTS) is 1. The number of carboxylic acids is 1. The zero-order valence-corrected chi connectivity index (χ0v) is 11.6. The fourth-order valence-electron chi connectivity index (χ4n) is 2.90. The van der Waals surface area contributed by atoms with Crippen LogP contribution in [0, 0.1) is 12.8 Å². The largest absolute Gasteiger partial charge is 0.481 e. The molecule has 5 heteroatoms. The molecule has 2 aromatic heterocycles. The fourth-order valence-corrected chi connectivity index (χ4v) is 2.90. The molecule has 0 spiro atoms. The smallest absolute Gasteiger partial charge is 0.307 e. The summed E-state index contributed by atoms with van der Waals surface area (Å²) in [6, 6.07) is 6.05. The number of hydrogen-bond acceptors (Lipinski definition) is 3. The summed E-state index contributed by atoms with van der Waals surface area (Å²) in [7, 11) is 0. The Morgan fingerprint density at radius 1 is 1.50 bits per heavy atom. The van der Waals surface area contributed by atoms with E-state index in [1.54, 1.807) is 0 Å². The van der Waals surface area contributed by atoms with Crippen LogP contribution in [0.15, 0.2) is 24.4 Å². The first-order chi connectivity index (χ1) is 9.63. The van der Waals surface area contributed by atoms with E-state index in [4.69, 9.17) is 5.11 Å². The van der Waals surface area contributed by atoms with Gasteiger partial charge in [-0.3, -0.25) is 9.69 Å². The van der Waals surface area contributed by atoms with Crippen molar-refractivity contribution in [2.75, 3.05) is 13.1 Å². The zero-order chi connectivity index (χ0) is 14.1. The third-order valence-electron chi connectivity index (χ3n) is 3.99. The van der Waals surface area contributed by atoms with E-state index in [1.165, 1.54) is 0 Å². The molecule has 1 aliphatic heterocycles. The van der Waals surface area contributed by atoms with Crippen molar-refractivity contribution < 1.29 is 9.90 Å². The van der Waals surface area contributed by atoms with E-state index in [2.05, 4.69) is 33.5 Å². The predicted molar refractivity (Wildman–Crippen MR) is 75.6 cm³/mol. The standard InChI is InChI=1S/C15H19N3O2/c1-11-4-2-6-14-16-13(10-18(11)14)9-17-7-3-5-12(8-17)15(19)20/h2,4,6,10,12H,3,5,7-9H2,1H3,(H,19,20). The maximum absolute atomic E-state index is 11.1. The van der Waals surface area contributed by atoms with Crippen LogP contribution in [0.2, 0.25) is 0 Å². The highest BCUT2D eigenvalue weighted by molar-refractivity contribution is 5.70. The minimum atomic E-state index is -0.680. The van der Waals surface area contributed by atoms with Crippen molar-refractivity contribution >= 4 is 11.6 Å². The number of aliphatic carboxylic acids is 1. The summed E-state index contributed by atoms with van der Waals surface area (Å²) < 4.78 is 2.08. The molecule has 1 unspecified atom stereocenters. The van der Waals surface area contributed by atoms with Gasteiger partial charge in [0.1, 0.15) is 5.65 Å². The van der Waals surface area contributed by atoms with E-state index in [0.29, 0.717) is 6.54 Å². The molecule has 0 aliphatic carbocycles. The van der Waals surface area contributed by atoms with Gasteiger partial charge in [-0.15, -0.1) is 0 Å². The highest BCUT2D eigenvalue weighted by Crippen LogP contribution is 2.19. The highest BCUT2D eigenvalue weighted by atomic mass is 16.4. The van der Waals surface area contributed by atoms with Crippen LogP contribution in [0.5, 0.6) is 0 Å². The van der Waals surface area contributed by atoms with Crippen LogP contribution < -0.4 is 0 Å². The first kappa shape index (κ1) is 13.1. The van der Waals surface area contributed by atoms with Gasteiger partial charge in [0.25, 0.3) is 0 Å². The van der Waals surface area contributed by atoms with Crippen molar-refractivity contribution in [1.29, 1.82) is 0 Å². The number of aromatic nitrogens is 2.